The minimum absolute atomic E-state index is 0.0121. The monoisotopic (exact) mass is 501 g/mol. The number of nitrogens with one attached hydrogen (secondary N) is 1. The van der Waals surface area contributed by atoms with Gasteiger partial charge in [0.05, 0.1) is 18.2 Å². The van der Waals surface area contributed by atoms with E-state index < -0.39 is 16.0 Å². The zero-order valence-corrected chi connectivity index (χ0v) is 18.5. The number of nitrogens with zero attached hydrogens (tertiary/aromatic N) is 1. The quantitative estimate of drug-likeness (QED) is 0.386. The molecular formula is C21H16BrN3O5S. The molecule has 4 rings (SSSR count). The van der Waals surface area contributed by atoms with Crippen LogP contribution in [0.3, 0.4) is 0 Å². The van der Waals surface area contributed by atoms with Gasteiger partial charge in [0.15, 0.2) is 11.5 Å². The average Bonchev–Trinajstić information content (AvgIpc) is 3.18. The lowest BCUT2D eigenvalue weighted by Gasteiger charge is -2.11. The molecule has 0 aliphatic carbocycles. The molecule has 4 aromatic rings. The molecule has 0 saturated heterocycles. The second kappa shape index (κ2) is 8.05. The van der Waals surface area contributed by atoms with Crippen molar-refractivity contribution in [2.24, 2.45) is 5.73 Å². The number of aromatic nitrogens is 2. The van der Waals surface area contributed by atoms with E-state index in [1.54, 1.807) is 42.5 Å². The van der Waals surface area contributed by atoms with Crippen LogP contribution in [-0.4, -0.2) is 31.4 Å². The molecule has 10 heteroatoms. The van der Waals surface area contributed by atoms with E-state index in [-0.39, 0.29) is 16.4 Å². The van der Waals surface area contributed by atoms with Crippen molar-refractivity contribution in [1.82, 2.24) is 9.97 Å². The van der Waals surface area contributed by atoms with E-state index in [4.69, 9.17) is 14.7 Å². The molecule has 158 valence electrons. The van der Waals surface area contributed by atoms with E-state index in [1.807, 2.05) is 0 Å². The van der Waals surface area contributed by atoms with Crippen molar-refractivity contribution in [3.05, 3.63) is 70.7 Å². The number of carbonyl (C=O) groups excluding carboxylic acids is 1. The molecule has 0 atom stereocenters. The molecule has 0 aliphatic heterocycles. The van der Waals surface area contributed by atoms with Crippen LogP contribution in [0.4, 0.5) is 0 Å². The maximum Gasteiger partial charge on any atom is 0.339 e. The van der Waals surface area contributed by atoms with Gasteiger partial charge in [-0.1, -0.05) is 22.0 Å². The Balaban J connectivity index is 1.70. The Morgan fingerprint density at radius 1 is 1.06 bits per heavy atom. The lowest BCUT2D eigenvalue weighted by Crippen LogP contribution is -2.11. The van der Waals surface area contributed by atoms with Gasteiger partial charge >= 0.3 is 10.1 Å². The highest BCUT2D eigenvalue weighted by atomic mass is 79.9. The molecule has 0 saturated carbocycles. The number of para-hydroxylation sites is 1. The molecule has 3 N–H and O–H groups in total. The van der Waals surface area contributed by atoms with Gasteiger partial charge < -0.3 is 19.6 Å². The number of H-pyrrole nitrogens is 1. The molecule has 0 unspecified atom stereocenters. The highest BCUT2D eigenvalue weighted by Crippen LogP contribution is 2.34. The summed E-state index contributed by atoms with van der Waals surface area (Å²) in [5.74, 6) is 0.115. The largest absolute Gasteiger partial charge is 0.493 e. The molecule has 0 spiro atoms. The van der Waals surface area contributed by atoms with Crippen molar-refractivity contribution in [3.8, 4) is 22.9 Å². The summed E-state index contributed by atoms with van der Waals surface area (Å²) in [5.41, 5.74) is 7.41. The molecular weight excluding hydrogens is 486 g/mol. The van der Waals surface area contributed by atoms with Crippen molar-refractivity contribution in [2.75, 3.05) is 7.11 Å². The number of imidazole rings is 1. The minimum Gasteiger partial charge on any atom is -0.493 e. The minimum atomic E-state index is -4.05. The van der Waals surface area contributed by atoms with Crippen LogP contribution in [-0.2, 0) is 10.1 Å². The molecule has 0 radical (unpaired) electrons. The summed E-state index contributed by atoms with van der Waals surface area (Å²) in [6.45, 7) is 0. The standard InChI is InChI=1S/C21H16BrN3O5S/c1-29-18-11-12(21-24-16-4-2-3-15(20(23)26)19(16)25-21)5-10-17(18)30-31(27,28)14-8-6-13(22)7-9-14/h2-11H,1H3,(H2,23,26)(H,24,25). The number of rotatable bonds is 6. The molecule has 8 nitrogen and oxygen atoms in total. The van der Waals surface area contributed by atoms with Gasteiger partial charge in [-0.05, 0) is 54.6 Å². The number of methoxy groups -OCH3 is 1. The molecule has 1 amide bonds. The van der Waals surface area contributed by atoms with Crippen molar-refractivity contribution in [2.45, 2.75) is 4.90 Å². The topological polar surface area (TPSA) is 124 Å². The first-order chi connectivity index (χ1) is 14.8. The normalized spacial score (nSPS) is 11.4. The Kier molecular flexibility index (Phi) is 5.42. The Labute approximate surface area is 186 Å². The molecule has 3 aromatic carbocycles. The van der Waals surface area contributed by atoms with Gasteiger partial charge in [0.25, 0.3) is 5.91 Å². The average molecular weight is 502 g/mol. The highest BCUT2D eigenvalue weighted by molar-refractivity contribution is 9.10. The fourth-order valence-corrected chi connectivity index (χ4v) is 4.22. The van der Waals surface area contributed by atoms with Crippen molar-refractivity contribution < 1.29 is 22.1 Å². The van der Waals surface area contributed by atoms with Gasteiger partial charge in [0.1, 0.15) is 16.2 Å². The fourth-order valence-electron chi connectivity index (χ4n) is 3.02. The number of ether oxygens (including phenoxy) is 1. The fraction of sp³-hybridized carbons (Fsp3) is 0.0476. The lowest BCUT2D eigenvalue weighted by atomic mass is 10.2. The van der Waals surface area contributed by atoms with Gasteiger partial charge in [-0.25, -0.2) is 4.98 Å². The predicted molar refractivity (Wildman–Crippen MR) is 119 cm³/mol. The number of benzene rings is 3. The van der Waals surface area contributed by atoms with Crippen LogP contribution in [0.2, 0.25) is 0 Å². The maximum atomic E-state index is 12.6. The second-order valence-electron chi connectivity index (χ2n) is 6.51. The summed E-state index contributed by atoms with van der Waals surface area (Å²) < 4.78 is 36.6. The van der Waals surface area contributed by atoms with Gasteiger partial charge in [0.2, 0.25) is 0 Å². The number of hydrogen-bond donors (Lipinski definition) is 2. The third-order valence-electron chi connectivity index (χ3n) is 4.52. The SMILES string of the molecule is COc1cc(-c2nc3c(C(N)=O)cccc3[nH]2)ccc1OS(=O)(=O)c1ccc(Br)cc1. The Morgan fingerprint density at radius 2 is 1.81 bits per heavy atom. The van der Waals surface area contributed by atoms with Crippen LogP contribution >= 0.6 is 15.9 Å². The van der Waals surface area contributed by atoms with E-state index in [2.05, 4.69) is 25.9 Å². The summed E-state index contributed by atoms with van der Waals surface area (Å²) in [7, 11) is -2.65. The van der Waals surface area contributed by atoms with Gasteiger partial charge in [-0.15, -0.1) is 0 Å². The molecule has 1 heterocycles. The van der Waals surface area contributed by atoms with Crippen LogP contribution < -0.4 is 14.7 Å². The number of halogens is 1. The number of aromatic amines is 1. The maximum absolute atomic E-state index is 12.6. The second-order valence-corrected chi connectivity index (χ2v) is 8.97. The zero-order valence-electron chi connectivity index (χ0n) is 16.1. The van der Waals surface area contributed by atoms with E-state index in [9.17, 15) is 13.2 Å². The molecule has 0 aliphatic rings. The number of primary amides is 1. The highest BCUT2D eigenvalue weighted by Gasteiger charge is 2.20. The summed E-state index contributed by atoms with van der Waals surface area (Å²) in [5, 5.41) is 0. The summed E-state index contributed by atoms with van der Waals surface area (Å²) in [4.78, 5) is 19.2. The molecule has 1 aromatic heterocycles. The smallest absolute Gasteiger partial charge is 0.339 e. The van der Waals surface area contributed by atoms with Crippen molar-refractivity contribution >= 4 is 43.0 Å². The summed E-state index contributed by atoms with van der Waals surface area (Å²) in [6, 6.07) is 15.9. The van der Waals surface area contributed by atoms with Crippen LogP contribution in [0.25, 0.3) is 22.4 Å². The third kappa shape index (κ3) is 4.12. The van der Waals surface area contributed by atoms with Crippen LogP contribution in [0, 0.1) is 0 Å². The first-order valence-corrected chi connectivity index (χ1v) is 11.2. The first kappa shape index (κ1) is 20.9. The van der Waals surface area contributed by atoms with Crippen molar-refractivity contribution in [3.63, 3.8) is 0 Å². The Hall–Kier alpha value is -3.37. The van der Waals surface area contributed by atoms with E-state index in [1.165, 1.54) is 25.3 Å². The molecule has 0 bridgehead atoms. The van der Waals surface area contributed by atoms with Gasteiger partial charge in [0, 0.05) is 10.0 Å². The van der Waals surface area contributed by atoms with E-state index >= 15 is 0 Å². The van der Waals surface area contributed by atoms with Gasteiger partial charge in [-0.2, -0.15) is 8.42 Å². The van der Waals surface area contributed by atoms with Crippen molar-refractivity contribution in [1.29, 1.82) is 0 Å². The molecule has 0 fully saturated rings. The Bertz CT molecular complexity index is 1400. The zero-order chi connectivity index (χ0) is 22.2. The Morgan fingerprint density at radius 3 is 2.48 bits per heavy atom. The number of hydrogen-bond acceptors (Lipinski definition) is 6. The lowest BCUT2D eigenvalue weighted by molar-refractivity contribution is 0.100. The number of carbonyl (C=O) groups is 1. The number of nitrogens with two attached hydrogens (primary N) is 1. The van der Waals surface area contributed by atoms with Crippen LogP contribution in [0.1, 0.15) is 10.4 Å². The summed E-state index contributed by atoms with van der Waals surface area (Å²) in [6.07, 6.45) is 0. The first-order valence-electron chi connectivity index (χ1n) is 8.95. The summed E-state index contributed by atoms with van der Waals surface area (Å²) >= 11 is 3.27. The number of amides is 1. The van der Waals surface area contributed by atoms with Gasteiger partial charge in [-0.3, -0.25) is 4.79 Å². The number of fused-ring (bicyclic) bond motifs is 1. The third-order valence-corrected chi connectivity index (χ3v) is 6.29. The van der Waals surface area contributed by atoms with E-state index in [0.717, 1.165) is 4.47 Å². The molecule has 31 heavy (non-hydrogen) atoms. The van der Waals surface area contributed by atoms with Crippen LogP contribution in [0.5, 0.6) is 11.5 Å². The van der Waals surface area contributed by atoms with E-state index in [0.29, 0.717) is 28.0 Å². The van der Waals surface area contributed by atoms with Crippen LogP contribution in [0.15, 0.2) is 70.0 Å². The predicted octanol–water partition coefficient (Wildman–Crippen LogP) is 3.87.